The fourth-order valence-electron chi connectivity index (χ4n) is 1.59. The van der Waals surface area contributed by atoms with E-state index in [1.54, 1.807) is 0 Å². The monoisotopic (exact) mass is 281 g/mol. The van der Waals surface area contributed by atoms with Gasteiger partial charge in [0.2, 0.25) is 0 Å². The Bertz CT molecular complexity index is 697. The highest BCUT2D eigenvalue weighted by Crippen LogP contribution is 2.16. The van der Waals surface area contributed by atoms with E-state index < -0.39 is 23.5 Å². The number of amides is 1. The molecule has 0 saturated carbocycles. The molecule has 2 N–H and O–H groups in total. The highest BCUT2D eigenvalue weighted by Gasteiger charge is 2.21. The Balaban J connectivity index is 2.31. The first kappa shape index (κ1) is 13.7. The van der Waals surface area contributed by atoms with Gasteiger partial charge in [-0.25, -0.2) is 13.6 Å². The lowest BCUT2D eigenvalue weighted by Gasteiger charge is -2.05. The van der Waals surface area contributed by atoms with Gasteiger partial charge in [-0.2, -0.15) is 5.10 Å². The molecule has 6 nitrogen and oxygen atoms in total. The van der Waals surface area contributed by atoms with Gasteiger partial charge in [-0.1, -0.05) is 0 Å². The van der Waals surface area contributed by atoms with Crippen molar-refractivity contribution in [1.29, 1.82) is 0 Å². The molecule has 0 atom stereocenters. The van der Waals surface area contributed by atoms with Crippen LogP contribution in [0.4, 0.5) is 14.5 Å². The first-order chi connectivity index (χ1) is 9.38. The molecule has 0 fully saturated rings. The van der Waals surface area contributed by atoms with Crippen LogP contribution in [0.25, 0.3) is 0 Å². The normalized spacial score (nSPS) is 10.3. The maximum atomic E-state index is 13.4. The van der Waals surface area contributed by atoms with Crippen LogP contribution in [0.15, 0.2) is 24.4 Å². The van der Waals surface area contributed by atoms with E-state index in [0.717, 1.165) is 23.0 Å². The average molecular weight is 281 g/mol. The Labute approximate surface area is 111 Å². The van der Waals surface area contributed by atoms with Gasteiger partial charge in [0.15, 0.2) is 5.69 Å². The van der Waals surface area contributed by atoms with Crippen molar-refractivity contribution in [1.82, 2.24) is 9.78 Å². The van der Waals surface area contributed by atoms with Crippen molar-refractivity contribution >= 4 is 17.6 Å². The molecule has 0 unspecified atom stereocenters. The number of aromatic nitrogens is 2. The zero-order valence-electron chi connectivity index (χ0n) is 10.2. The van der Waals surface area contributed by atoms with Crippen LogP contribution in [0.5, 0.6) is 0 Å². The number of carboxylic acid groups (broad SMARTS) is 1. The fourth-order valence-corrected chi connectivity index (χ4v) is 1.59. The minimum Gasteiger partial charge on any atom is -0.478 e. The van der Waals surface area contributed by atoms with Crippen LogP contribution < -0.4 is 5.32 Å². The van der Waals surface area contributed by atoms with Crippen molar-refractivity contribution < 1.29 is 23.5 Å². The summed E-state index contributed by atoms with van der Waals surface area (Å²) in [6.45, 7) is 0. The summed E-state index contributed by atoms with van der Waals surface area (Å²) in [6, 6.07) is 2.60. The highest BCUT2D eigenvalue weighted by atomic mass is 19.1. The van der Waals surface area contributed by atoms with Gasteiger partial charge >= 0.3 is 5.97 Å². The second kappa shape index (κ2) is 5.08. The Morgan fingerprint density at radius 1 is 1.35 bits per heavy atom. The lowest BCUT2D eigenvalue weighted by Crippen LogP contribution is -2.17. The van der Waals surface area contributed by atoms with E-state index in [2.05, 4.69) is 10.4 Å². The molecule has 0 aliphatic heterocycles. The summed E-state index contributed by atoms with van der Waals surface area (Å²) in [4.78, 5) is 22.8. The van der Waals surface area contributed by atoms with Gasteiger partial charge in [-0.15, -0.1) is 0 Å². The van der Waals surface area contributed by atoms with Gasteiger partial charge in [-0.05, 0) is 12.1 Å². The van der Waals surface area contributed by atoms with E-state index in [1.165, 1.54) is 7.05 Å². The van der Waals surface area contributed by atoms with Gasteiger partial charge in [-0.3, -0.25) is 9.48 Å². The number of halogens is 2. The number of hydrogen-bond donors (Lipinski definition) is 2. The summed E-state index contributed by atoms with van der Waals surface area (Å²) in [5.41, 5.74) is -0.936. The zero-order chi connectivity index (χ0) is 14.9. The van der Waals surface area contributed by atoms with E-state index in [0.29, 0.717) is 6.07 Å². The van der Waals surface area contributed by atoms with Gasteiger partial charge in [0, 0.05) is 19.3 Å². The predicted molar refractivity (Wildman–Crippen MR) is 64.5 cm³/mol. The number of nitrogens with zero attached hydrogens (tertiary/aromatic N) is 2. The molecule has 104 valence electrons. The van der Waals surface area contributed by atoms with Gasteiger partial charge in [0.25, 0.3) is 5.91 Å². The Morgan fingerprint density at radius 3 is 2.65 bits per heavy atom. The number of hydrogen-bond acceptors (Lipinski definition) is 3. The van der Waals surface area contributed by atoms with E-state index in [1.807, 2.05) is 0 Å². The molecule has 1 aromatic heterocycles. The minimum absolute atomic E-state index is 0.265. The van der Waals surface area contributed by atoms with Crippen LogP contribution in [-0.4, -0.2) is 26.8 Å². The maximum Gasteiger partial charge on any atom is 0.339 e. The lowest BCUT2D eigenvalue weighted by molar-refractivity contribution is 0.0692. The number of carboxylic acids is 1. The van der Waals surface area contributed by atoms with E-state index >= 15 is 0 Å². The van der Waals surface area contributed by atoms with Crippen molar-refractivity contribution in [2.75, 3.05) is 5.32 Å². The molecule has 0 aliphatic carbocycles. The van der Waals surface area contributed by atoms with Crippen LogP contribution in [0, 0.1) is 11.6 Å². The third kappa shape index (κ3) is 2.63. The van der Waals surface area contributed by atoms with Crippen molar-refractivity contribution in [2.45, 2.75) is 0 Å². The largest absolute Gasteiger partial charge is 0.478 e. The fraction of sp³-hybridized carbons (Fsp3) is 0.0833. The second-order valence-electron chi connectivity index (χ2n) is 3.95. The summed E-state index contributed by atoms with van der Waals surface area (Å²) in [6.07, 6.45) is 1.15. The SMILES string of the molecule is Cn1cc(C(=O)O)c(C(=O)Nc2ccc(F)cc2F)n1. The van der Waals surface area contributed by atoms with Crippen molar-refractivity contribution in [3.05, 3.63) is 47.3 Å². The Hall–Kier alpha value is -2.77. The van der Waals surface area contributed by atoms with Crippen molar-refractivity contribution in [2.24, 2.45) is 7.05 Å². The molecule has 20 heavy (non-hydrogen) atoms. The summed E-state index contributed by atoms with van der Waals surface area (Å²) < 4.78 is 27.3. The lowest BCUT2D eigenvalue weighted by atomic mass is 10.2. The van der Waals surface area contributed by atoms with Crippen LogP contribution in [-0.2, 0) is 7.05 Å². The maximum absolute atomic E-state index is 13.4. The van der Waals surface area contributed by atoms with Crippen molar-refractivity contribution in [3.8, 4) is 0 Å². The molecule has 0 saturated heterocycles. The van der Waals surface area contributed by atoms with Gasteiger partial charge in [0.1, 0.15) is 17.2 Å². The Kier molecular flexibility index (Phi) is 3.47. The molecule has 0 aliphatic rings. The van der Waals surface area contributed by atoms with E-state index in [-0.39, 0.29) is 16.9 Å². The minimum atomic E-state index is -1.33. The molecule has 2 rings (SSSR count). The molecule has 8 heteroatoms. The standard InChI is InChI=1S/C12H9F2N3O3/c1-17-5-7(12(19)20)10(16-17)11(18)15-9-3-2-6(13)4-8(9)14/h2-5H,1H3,(H,15,18)(H,19,20). The molecular formula is C12H9F2N3O3. The van der Waals surface area contributed by atoms with Crippen LogP contribution in [0.1, 0.15) is 20.8 Å². The second-order valence-corrected chi connectivity index (χ2v) is 3.95. The molecule has 0 spiro atoms. The smallest absolute Gasteiger partial charge is 0.339 e. The average Bonchev–Trinajstić information content (AvgIpc) is 2.75. The number of rotatable bonds is 3. The number of aromatic carboxylic acids is 1. The highest BCUT2D eigenvalue weighted by molar-refractivity contribution is 6.09. The number of carbonyl (C=O) groups excluding carboxylic acids is 1. The van der Waals surface area contributed by atoms with Crippen LogP contribution >= 0.6 is 0 Å². The molecule has 1 aromatic carbocycles. The third-order valence-electron chi connectivity index (χ3n) is 2.45. The molecule has 0 radical (unpaired) electrons. The topological polar surface area (TPSA) is 84.2 Å². The molecule has 2 aromatic rings. The molecule has 0 bridgehead atoms. The number of nitrogens with one attached hydrogen (secondary N) is 1. The number of benzene rings is 1. The van der Waals surface area contributed by atoms with Crippen LogP contribution in [0.3, 0.4) is 0 Å². The van der Waals surface area contributed by atoms with Gasteiger partial charge < -0.3 is 10.4 Å². The molecular weight excluding hydrogens is 272 g/mol. The first-order valence-corrected chi connectivity index (χ1v) is 5.42. The zero-order valence-corrected chi connectivity index (χ0v) is 10.2. The Morgan fingerprint density at radius 2 is 2.05 bits per heavy atom. The number of carbonyl (C=O) groups is 2. The van der Waals surface area contributed by atoms with E-state index in [4.69, 9.17) is 5.11 Å². The van der Waals surface area contributed by atoms with Crippen LogP contribution in [0.2, 0.25) is 0 Å². The van der Waals surface area contributed by atoms with Crippen molar-refractivity contribution in [3.63, 3.8) is 0 Å². The first-order valence-electron chi connectivity index (χ1n) is 5.42. The summed E-state index contributed by atoms with van der Waals surface area (Å²) in [5.74, 6) is -3.98. The molecule has 1 heterocycles. The molecule has 1 amide bonds. The summed E-state index contributed by atoms with van der Waals surface area (Å²) >= 11 is 0. The number of aryl methyl sites for hydroxylation is 1. The summed E-state index contributed by atoms with van der Waals surface area (Å²) in [7, 11) is 1.45. The van der Waals surface area contributed by atoms with Gasteiger partial charge in [0.05, 0.1) is 5.69 Å². The predicted octanol–water partition coefficient (Wildman–Crippen LogP) is 1.65. The summed E-state index contributed by atoms with van der Waals surface area (Å²) in [5, 5.41) is 14.8. The number of anilines is 1. The third-order valence-corrected chi connectivity index (χ3v) is 2.45. The quantitative estimate of drug-likeness (QED) is 0.896. The van der Waals surface area contributed by atoms with E-state index in [9.17, 15) is 18.4 Å².